The molecular weight excluding hydrogens is 395 g/mol. The summed E-state index contributed by atoms with van der Waals surface area (Å²) in [5, 5.41) is 1.21. The van der Waals surface area contributed by atoms with Gasteiger partial charge in [-0.1, -0.05) is 59.6 Å². The van der Waals surface area contributed by atoms with Crippen molar-refractivity contribution in [3.8, 4) is 0 Å². The molecule has 0 spiro atoms. The summed E-state index contributed by atoms with van der Waals surface area (Å²) < 4.78 is 0. The van der Waals surface area contributed by atoms with Crippen LogP contribution in [0, 0.1) is 0 Å². The quantitative estimate of drug-likeness (QED) is 0.695. The predicted molar refractivity (Wildman–Crippen MR) is 114 cm³/mol. The van der Waals surface area contributed by atoms with Crippen molar-refractivity contribution in [3.05, 3.63) is 81.9 Å². The zero-order chi connectivity index (χ0) is 19.9. The molecule has 6 heteroatoms. The lowest BCUT2D eigenvalue weighted by atomic mass is 10.2. The van der Waals surface area contributed by atoms with Crippen molar-refractivity contribution in [3.63, 3.8) is 0 Å². The van der Waals surface area contributed by atoms with E-state index in [9.17, 15) is 9.59 Å². The van der Waals surface area contributed by atoms with Crippen molar-refractivity contribution in [1.82, 2.24) is 9.80 Å². The Hall–Kier alpha value is -2.56. The lowest BCUT2D eigenvalue weighted by molar-refractivity contribution is -0.133. The molecule has 4 nitrogen and oxygen atoms in total. The summed E-state index contributed by atoms with van der Waals surface area (Å²) >= 11 is 12.2. The number of hydrogen-bond acceptors (Lipinski definition) is 2. The van der Waals surface area contributed by atoms with Crippen LogP contribution in [0.1, 0.15) is 11.1 Å². The van der Waals surface area contributed by atoms with Crippen LogP contribution < -0.4 is 0 Å². The molecule has 0 bridgehead atoms. The van der Waals surface area contributed by atoms with Gasteiger partial charge in [-0.25, -0.2) is 0 Å². The van der Waals surface area contributed by atoms with Crippen LogP contribution >= 0.6 is 23.2 Å². The van der Waals surface area contributed by atoms with Crippen LogP contribution in [0.4, 0.5) is 0 Å². The zero-order valence-corrected chi connectivity index (χ0v) is 16.7. The minimum absolute atomic E-state index is 0.0846. The molecule has 1 aliphatic heterocycles. The third-order valence-corrected chi connectivity index (χ3v) is 5.21. The maximum absolute atomic E-state index is 12.4. The first-order valence-electron chi connectivity index (χ1n) is 8.97. The van der Waals surface area contributed by atoms with Crippen molar-refractivity contribution in [2.45, 2.75) is 0 Å². The van der Waals surface area contributed by atoms with E-state index in [1.807, 2.05) is 36.4 Å². The topological polar surface area (TPSA) is 40.6 Å². The van der Waals surface area contributed by atoms with Crippen molar-refractivity contribution < 1.29 is 9.59 Å². The summed E-state index contributed by atoms with van der Waals surface area (Å²) in [6.45, 7) is 1.99. The number of amides is 2. The van der Waals surface area contributed by atoms with E-state index in [1.165, 1.54) is 12.2 Å². The van der Waals surface area contributed by atoms with Gasteiger partial charge >= 0.3 is 0 Å². The predicted octanol–water partition coefficient (Wildman–Crippen LogP) is 4.39. The van der Waals surface area contributed by atoms with Crippen LogP contribution in [0.15, 0.2) is 60.7 Å². The van der Waals surface area contributed by atoms with E-state index in [-0.39, 0.29) is 11.8 Å². The van der Waals surface area contributed by atoms with Gasteiger partial charge in [-0.15, -0.1) is 0 Å². The molecule has 2 amide bonds. The molecular formula is C22H20Cl2N2O2. The van der Waals surface area contributed by atoms with E-state index in [2.05, 4.69) is 0 Å². The highest BCUT2D eigenvalue weighted by molar-refractivity contribution is 6.32. The van der Waals surface area contributed by atoms with Gasteiger partial charge in [0.05, 0.1) is 0 Å². The molecule has 0 radical (unpaired) electrons. The average Bonchev–Trinajstić information content (AvgIpc) is 2.72. The van der Waals surface area contributed by atoms with E-state index < -0.39 is 0 Å². The summed E-state index contributed by atoms with van der Waals surface area (Å²) in [5.41, 5.74) is 1.60. The van der Waals surface area contributed by atoms with Gasteiger partial charge in [0.1, 0.15) is 0 Å². The summed E-state index contributed by atoms with van der Waals surface area (Å²) in [6, 6.07) is 14.7. The average molecular weight is 415 g/mol. The van der Waals surface area contributed by atoms with Crippen molar-refractivity contribution >= 4 is 47.2 Å². The summed E-state index contributed by atoms with van der Waals surface area (Å²) in [6.07, 6.45) is 6.48. The maximum atomic E-state index is 12.4. The highest BCUT2D eigenvalue weighted by Crippen LogP contribution is 2.17. The number of hydrogen-bond donors (Lipinski definition) is 0. The third-order valence-electron chi connectivity index (χ3n) is 4.52. The number of carbonyl (C=O) groups excluding carboxylic acids is 2. The maximum Gasteiger partial charge on any atom is 0.246 e. The fraction of sp³-hybridized carbons (Fsp3) is 0.182. The summed E-state index contributed by atoms with van der Waals surface area (Å²) in [4.78, 5) is 28.2. The third kappa shape index (κ3) is 5.24. The molecule has 1 heterocycles. The van der Waals surface area contributed by atoms with Crippen LogP contribution in [-0.4, -0.2) is 47.8 Å². The van der Waals surface area contributed by atoms with Crippen LogP contribution in [0.5, 0.6) is 0 Å². The Morgan fingerprint density at radius 3 is 1.39 bits per heavy atom. The van der Waals surface area contributed by atoms with Gasteiger partial charge < -0.3 is 9.80 Å². The highest BCUT2D eigenvalue weighted by Gasteiger charge is 2.21. The molecule has 3 rings (SSSR count). The van der Waals surface area contributed by atoms with E-state index in [1.54, 1.807) is 34.1 Å². The Labute approximate surface area is 174 Å². The minimum Gasteiger partial charge on any atom is -0.336 e. The van der Waals surface area contributed by atoms with E-state index in [0.29, 0.717) is 36.2 Å². The molecule has 1 aliphatic rings. The molecule has 0 N–H and O–H groups in total. The SMILES string of the molecule is O=C(C=Cc1ccccc1Cl)N1CCN(C(=O)C=Cc2ccccc2Cl)CC1. The fourth-order valence-corrected chi connectivity index (χ4v) is 3.30. The molecule has 0 unspecified atom stereocenters. The smallest absolute Gasteiger partial charge is 0.246 e. The lowest BCUT2D eigenvalue weighted by Crippen LogP contribution is -2.49. The molecule has 0 aromatic heterocycles. The van der Waals surface area contributed by atoms with Gasteiger partial charge in [0.2, 0.25) is 11.8 Å². The van der Waals surface area contributed by atoms with E-state index >= 15 is 0 Å². The molecule has 0 atom stereocenters. The summed E-state index contributed by atoms with van der Waals surface area (Å²) in [7, 11) is 0. The van der Waals surface area contributed by atoms with Crippen molar-refractivity contribution in [2.75, 3.05) is 26.2 Å². The van der Waals surface area contributed by atoms with E-state index in [4.69, 9.17) is 23.2 Å². The van der Waals surface area contributed by atoms with Crippen molar-refractivity contribution in [1.29, 1.82) is 0 Å². The lowest BCUT2D eigenvalue weighted by Gasteiger charge is -2.33. The monoisotopic (exact) mass is 414 g/mol. The number of benzene rings is 2. The first-order valence-corrected chi connectivity index (χ1v) is 9.73. The minimum atomic E-state index is -0.0846. The number of carbonyl (C=O) groups is 2. The van der Waals surface area contributed by atoms with Crippen LogP contribution in [0.2, 0.25) is 10.0 Å². The van der Waals surface area contributed by atoms with E-state index in [0.717, 1.165) is 11.1 Å². The first kappa shape index (κ1) is 20.2. The first-order chi connectivity index (χ1) is 13.5. The molecule has 1 saturated heterocycles. The molecule has 0 aliphatic carbocycles. The van der Waals surface area contributed by atoms with Gasteiger partial charge in [-0.05, 0) is 35.4 Å². The van der Waals surface area contributed by atoms with Crippen LogP contribution in [0.25, 0.3) is 12.2 Å². The van der Waals surface area contributed by atoms with Gasteiger partial charge in [0, 0.05) is 48.4 Å². The Bertz CT molecular complexity index is 841. The standard InChI is InChI=1S/C22H20Cl2N2O2/c23-19-7-3-1-5-17(19)9-11-21(27)25-13-15-26(16-14-25)22(28)12-10-18-6-2-4-8-20(18)24/h1-12H,13-16H2. The normalized spacial score (nSPS) is 14.8. The van der Waals surface area contributed by atoms with Gasteiger partial charge in [-0.2, -0.15) is 0 Å². The molecule has 28 heavy (non-hydrogen) atoms. The van der Waals surface area contributed by atoms with Gasteiger partial charge in [0.15, 0.2) is 0 Å². The van der Waals surface area contributed by atoms with Crippen molar-refractivity contribution in [2.24, 2.45) is 0 Å². The molecule has 2 aromatic carbocycles. The second-order valence-corrected chi connectivity index (χ2v) is 7.17. The fourth-order valence-electron chi connectivity index (χ4n) is 2.90. The molecule has 0 saturated carbocycles. The summed E-state index contributed by atoms with van der Waals surface area (Å²) in [5.74, 6) is -0.169. The van der Waals surface area contributed by atoms with Gasteiger partial charge in [-0.3, -0.25) is 9.59 Å². The Morgan fingerprint density at radius 2 is 1.04 bits per heavy atom. The van der Waals surface area contributed by atoms with Crippen LogP contribution in [-0.2, 0) is 9.59 Å². The zero-order valence-electron chi connectivity index (χ0n) is 15.2. The Morgan fingerprint density at radius 1 is 0.679 bits per heavy atom. The Balaban J connectivity index is 1.52. The number of piperazine rings is 1. The second kappa shape index (κ2) is 9.58. The largest absolute Gasteiger partial charge is 0.336 e. The Kier molecular flexibility index (Phi) is 6.90. The van der Waals surface area contributed by atoms with Crippen LogP contribution in [0.3, 0.4) is 0 Å². The number of nitrogens with zero attached hydrogens (tertiary/aromatic N) is 2. The highest BCUT2D eigenvalue weighted by atomic mass is 35.5. The molecule has 144 valence electrons. The van der Waals surface area contributed by atoms with Gasteiger partial charge in [0.25, 0.3) is 0 Å². The number of halogens is 2. The molecule has 2 aromatic rings. The number of rotatable bonds is 4. The second-order valence-electron chi connectivity index (χ2n) is 6.36. The molecule has 1 fully saturated rings.